The zero-order valence-corrected chi connectivity index (χ0v) is 12.5. The fourth-order valence-electron chi connectivity index (χ4n) is 2.67. The summed E-state index contributed by atoms with van der Waals surface area (Å²) in [4.78, 5) is 13.9. The fourth-order valence-corrected chi connectivity index (χ4v) is 2.67. The number of aliphatic hydroxyl groups excluding tert-OH is 1. The first-order chi connectivity index (χ1) is 7.99. The smallest absolute Gasteiger partial charge is 0.410 e. The zero-order chi connectivity index (χ0) is 14.2. The summed E-state index contributed by atoms with van der Waals surface area (Å²) in [6, 6.07) is 0. The highest BCUT2D eigenvalue weighted by molar-refractivity contribution is 5.69. The number of rotatable bonds is 1. The maximum Gasteiger partial charge on any atom is 0.410 e. The Morgan fingerprint density at radius 1 is 1.33 bits per heavy atom. The summed E-state index contributed by atoms with van der Waals surface area (Å²) >= 11 is 0. The van der Waals surface area contributed by atoms with E-state index in [0.717, 1.165) is 12.8 Å². The van der Waals surface area contributed by atoms with Gasteiger partial charge in [0.05, 0.1) is 12.1 Å². The van der Waals surface area contributed by atoms with Gasteiger partial charge in [0.1, 0.15) is 5.60 Å². The summed E-state index contributed by atoms with van der Waals surface area (Å²) < 4.78 is 5.42. The monoisotopic (exact) mass is 257 g/mol. The van der Waals surface area contributed by atoms with Crippen molar-refractivity contribution in [3.63, 3.8) is 0 Å². The van der Waals surface area contributed by atoms with Crippen molar-refractivity contribution in [2.75, 3.05) is 13.2 Å². The Morgan fingerprint density at radius 3 is 2.33 bits per heavy atom. The van der Waals surface area contributed by atoms with Crippen molar-refractivity contribution in [1.29, 1.82) is 0 Å². The minimum Gasteiger partial charge on any atom is -0.444 e. The molecule has 0 saturated carbocycles. The molecule has 1 rings (SSSR count). The second-order valence-corrected chi connectivity index (χ2v) is 7.38. The van der Waals surface area contributed by atoms with E-state index in [-0.39, 0.29) is 18.1 Å². The molecular formula is C14H27NO3. The molecule has 1 atom stereocenters. The van der Waals surface area contributed by atoms with Crippen LogP contribution in [0, 0.1) is 5.41 Å². The van der Waals surface area contributed by atoms with E-state index in [9.17, 15) is 9.90 Å². The maximum absolute atomic E-state index is 12.2. The lowest BCUT2D eigenvalue weighted by Gasteiger charge is -2.49. The highest BCUT2D eigenvalue weighted by Crippen LogP contribution is 2.40. The molecule has 1 N–H and O–H groups in total. The minimum absolute atomic E-state index is 0.0321. The molecule has 18 heavy (non-hydrogen) atoms. The van der Waals surface area contributed by atoms with Crippen molar-refractivity contribution in [2.24, 2.45) is 5.41 Å². The van der Waals surface area contributed by atoms with E-state index in [2.05, 4.69) is 13.8 Å². The van der Waals surface area contributed by atoms with Gasteiger partial charge in [0.15, 0.2) is 0 Å². The minimum atomic E-state index is -0.524. The van der Waals surface area contributed by atoms with Crippen LogP contribution in [0.25, 0.3) is 0 Å². The summed E-state index contributed by atoms with van der Waals surface area (Å²) in [6.45, 7) is 12.5. The number of aliphatic hydroxyl groups is 1. The van der Waals surface area contributed by atoms with E-state index in [1.54, 1.807) is 4.90 Å². The first kappa shape index (κ1) is 15.3. The summed E-state index contributed by atoms with van der Waals surface area (Å²) in [5.41, 5.74) is -0.875. The van der Waals surface area contributed by atoms with E-state index < -0.39 is 11.1 Å². The molecule has 1 unspecified atom stereocenters. The molecule has 1 aliphatic heterocycles. The molecule has 1 heterocycles. The number of likely N-dealkylation sites (tertiary alicyclic amines) is 1. The lowest BCUT2D eigenvalue weighted by Crippen LogP contribution is -2.59. The Bertz CT molecular complexity index is 319. The SMILES string of the molecule is CC1(C)CCN(C(=O)OC(C)(C)C)C(C)(CO)C1. The number of carbonyl (C=O) groups is 1. The summed E-state index contributed by atoms with van der Waals surface area (Å²) in [5, 5.41) is 9.65. The summed E-state index contributed by atoms with van der Waals surface area (Å²) in [6.07, 6.45) is 1.40. The molecule has 1 saturated heterocycles. The van der Waals surface area contributed by atoms with Crippen molar-refractivity contribution in [2.45, 2.75) is 65.5 Å². The Labute approximate surface area is 110 Å². The Balaban J connectivity index is 2.85. The van der Waals surface area contributed by atoms with Crippen LogP contribution in [0.1, 0.15) is 54.4 Å². The van der Waals surface area contributed by atoms with E-state index in [1.807, 2.05) is 27.7 Å². The third-order valence-corrected chi connectivity index (χ3v) is 3.48. The molecule has 0 aromatic heterocycles. The molecule has 0 aliphatic carbocycles. The molecule has 1 fully saturated rings. The van der Waals surface area contributed by atoms with Gasteiger partial charge in [-0.25, -0.2) is 4.79 Å². The first-order valence-electron chi connectivity index (χ1n) is 6.61. The van der Waals surface area contributed by atoms with Gasteiger partial charge in [-0.1, -0.05) is 13.8 Å². The van der Waals surface area contributed by atoms with Crippen molar-refractivity contribution in [1.82, 2.24) is 4.90 Å². The largest absolute Gasteiger partial charge is 0.444 e. The predicted molar refractivity (Wildman–Crippen MR) is 71.4 cm³/mol. The summed E-state index contributed by atoms with van der Waals surface area (Å²) in [7, 11) is 0. The molecule has 0 radical (unpaired) electrons. The van der Waals surface area contributed by atoms with Gasteiger partial charge >= 0.3 is 6.09 Å². The Hall–Kier alpha value is -0.770. The van der Waals surface area contributed by atoms with Crippen molar-refractivity contribution in [3.8, 4) is 0 Å². The molecule has 0 bridgehead atoms. The molecule has 1 aliphatic rings. The van der Waals surface area contributed by atoms with Crippen LogP contribution in [0.15, 0.2) is 0 Å². The number of hydrogen-bond donors (Lipinski definition) is 1. The van der Waals surface area contributed by atoms with Crippen LogP contribution in [-0.4, -0.2) is 40.4 Å². The van der Waals surface area contributed by atoms with Gasteiger partial charge in [-0.2, -0.15) is 0 Å². The van der Waals surface area contributed by atoms with Crippen LogP contribution in [0.3, 0.4) is 0 Å². The van der Waals surface area contributed by atoms with Gasteiger partial charge in [0.2, 0.25) is 0 Å². The maximum atomic E-state index is 12.2. The number of piperidine rings is 1. The average molecular weight is 257 g/mol. The van der Waals surface area contributed by atoms with Crippen molar-refractivity contribution in [3.05, 3.63) is 0 Å². The van der Waals surface area contributed by atoms with Crippen LogP contribution in [0.5, 0.6) is 0 Å². The normalized spacial score (nSPS) is 28.1. The number of carbonyl (C=O) groups excluding carboxylic acids is 1. The zero-order valence-electron chi connectivity index (χ0n) is 12.5. The van der Waals surface area contributed by atoms with Crippen LogP contribution in [0.2, 0.25) is 0 Å². The molecular weight excluding hydrogens is 230 g/mol. The quantitative estimate of drug-likeness (QED) is 0.786. The molecule has 0 spiro atoms. The third-order valence-electron chi connectivity index (χ3n) is 3.48. The molecule has 4 heteroatoms. The lowest BCUT2D eigenvalue weighted by atomic mass is 9.73. The highest BCUT2D eigenvalue weighted by atomic mass is 16.6. The summed E-state index contributed by atoms with van der Waals surface area (Å²) in [5.74, 6) is 0. The van der Waals surface area contributed by atoms with Crippen molar-refractivity contribution < 1.29 is 14.6 Å². The van der Waals surface area contributed by atoms with Gasteiger partial charge < -0.3 is 14.7 Å². The van der Waals surface area contributed by atoms with E-state index in [4.69, 9.17) is 4.74 Å². The predicted octanol–water partition coefficient (Wildman–Crippen LogP) is 2.79. The molecule has 0 aromatic carbocycles. The molecule has 1 amide bonds. The van der Waals surface area contributed by atoms with Crippen molar-refractivity contribution >= 4 is 6.09 Å². The van der Waals surface area contributed by atoms with E-state index in [0.29, 0.717) is 6.54 Å². The third kappa shape index (κ3) is 3.61. The van der Waals surface area contributed by atoms with E-state index >= 15 is 0 Å². The highest BCUT2D eigenvalue weighted by Gasteiger charge is 2.45. The van der Waals surface area contributed by atoms with Gasteiger partial charge in [-0.05, 0) is 46.0 Å². The standard InChI is InChI=1S/C14H27NO3/c1-12(2,3)18-11(17)15-8-7-13(4,5)9-14(15,6)10-16/h16H,7-10H2,1-6H3. The lowest BCUT2D eigenvalue weighted by molar-refractivity contribution is -0.0507. The molecule has 4 nitrogen and oxygen atoms in total. The molecule has 0 aromatic rings. The van der Waals surface area contributed by atoms with Gasteiger partial charge in [-0.3, -0.25) is 0 Å². The van der Waals surface area contributed by atoms with Crippen LogP contribution in [-0.2, 0) is 4.74 Å². The van der Waals surface area contributed by atoms with Gasteiger partial charge in [0, 0.05) is 6.54 Å². The second-order valence-electron chi connectivity index (χ2n) is 7.38. The topological polar surface area (TPSA) is 49.8 Å². The average Bonchev–Trinajstić information content (AvgIpc) is 2.13. The number of nitrogens with zero attached hydrogens (tertiary/aromatic N) is 1. The van der Waals surface area contributed by atoms with Gasteiger partial charge in [0.25, 0.3) is 0 Å². The van der Waals surface area contributed by atoms with Crippen LogP contribution < -0.4 is 0 Å². The molecule has 106 valence electrons. The second kappa shape index (κ2) is 4.72. The van der Waals surface area contributed by atoms with E-state index in [1.165, 1.54) is 0 Å². The first-order valence-corrected chi connectivity index (χ1v) is 6.61. The van der Waals surface area contributed by atoms with Crippen LogP contribution in [0.4, 0.5) is 4.79 Å². The van der Waals surface area contributed by atoms with Crippen LogP contribution >= 0.6 is 0 Å². The Kier molecular flexibility index (Phi) is 4.01. The number of ether oxygens (including phenoxy) is 1. The Morgan fingerprint density at radius 2 is 1.89 bits per heavy atom. The van der Waals surface area contributed by atoms with Gasteiger partial charge in [-0.15, -0.1) is 0 Å². The number of amides is 1. The number of hydrogen-bond acceptors (Lipinski definition) is 3. The fraction of sp³-hybridized carbons (Fsp3) is 0.929.